The fourth-order valence-corrected chi connectivity index (χ4v) is 4.31. The molecule has 0 spiro atoms. The first kappa shape index (κ1) is 14.2. The molecule has 1 atom stereocenters. The predicted molar refractivity (Wildman–Crippen MR) is 77.9 cm³/mol. The summed E-state index contributed by atoms with van der Waals surface area (Å²) in [4.78, 5) is 15.0. The molecular formula is C14H26N2OS. The molecule has 3 nitrogen and oxygen atoms in total. The fourth-order valence-electron chi connectivity index (χ4n) is 3.29. The second-order valence-electron chi connectivity index (χ2n) is 5.71. The van der Waals surface area contributed by atoms with Gasteiger partial charge in [-0.25, -0.2) is 0 Å². The predicted octanol–water partition coefficient (Wildman–Crippen LogP) is 2.12. The van der Waals surface area contributed by atoms with Crippen molar-refractivity contribution in [3.8, 4) is 0 Å². The van der Waals surface area contributed by atoms with Crippen LogP contribution in [0.15, 0.2) is 0 Å². The summed E-state index contributed by atoms with van der Waals surface area (Å²) in [5.41, 5.74) is -0.0538. The summed E-state index contributed by atoms with van der Waals surface area (Å²) in [5, 5.41) is 3.99. The zero-order valence-corrected chi connectivity index (χ0v) is 12.5. The normalized spacial score (nSPS) is 28.1. The van der Waals surface area contributed by atoms with Gasteiger partial charge in [-0.15, -0.1) is 0 Å². The summed E-state index contributed by atoms with van der Waals surface area (Å²) < 4.78 is 0. The highest BCUT2D eigenvalue weighted by Crippen LogP contribution is 2.37. The van der Waals surface area contributed by atoms with Gasteiger partial charge in [0.2, 0.25) is 5.91 Å². The highest BCUT2D eigenvalue weighted by Gasteiger charge is 2.41. The van der Waals surface area contributed by atoms with Gasteiger partial charge in [-0.05, 0) is 32.4 Å². The number of piperidine rings is 1. The van der Waals surface area contributed by atoms with Crippen molar-refractivity contribution in [3.63, 3.8) is 0 Å². The average Bonchev–Trinajstić information content (AvgIpc) is 2.39. The van der Waals surface area contributed by atoms with Gasteiger partial charge in [0, 0.05) is 24.1 Å². The Hall–Kier alpha value is -0.220. The highest BCUT2D eigenvalue weighted by atomic mass is 32.2. The maximum absolute atomic E-state index is 12.9. The largest absolute Gasteiger partial charge is 0.340 e. The number of hydrogen-bond donors (Lipinski definition) is 1. The van der Waals surface area contributed by atoms with Crippen LogP contribution in [0.2, 0.25) is 0 Å². The zero-order chi connectivity index (χ0) is 13.0. The van der Waals surface area contributed by atoms with E-state index in [2.05, 4.69) is 24.1 Å². The number of carbonyl (C=O) groups is 1. The van der Waals surface area contributed by atoms with E-state index in [1.54, 1.807) is 0 Å². The lowest BCUT2D eigenvalue weighted by Crippen LogP contribution is -2.52. The van der Waals surface area contributed by atoms with Gasteiger partial charge >= 0.3 is 0 Å². The van der Waals surface area contributed by atoms with Crippen molar-refractivity contribution in [2.45, 2.75) is 44.8 Å². The van der Waals surface area contributed by atoms with E-state index in [1.807, 2.05) is 11.8 Å². The second kappa shape index (κ2) is 6.29. The first-order valence-corrected chi connectivity index (χ1v) is 8.34. The molecule has 2 saturated heterocycles. The third-order valence-corrected chi connectivity index (χ3v) is 5.41. The molecule has 1 N–H and O–H groups in total. The summed E-state index contributed by atoms with van der Waals surface area (Å²) in [6.07, 6.45) is 4.23. The SMILES string of the molecule is CCCC1(C(=O)N2CCSC(C)C2)CCNCC1. The molecule has 1 unspecified atom stereocenters. The molecule has 104 valence electrons. The van der Waals surface area contributed by atoms with Crippen LogP contribution in [-0.4, -0.2) is 48.0 Å². The molecule has 2 aliphatic rings. The van der Waals surface area contributed by atoms with E-state index in [1.165, 1.54) is 0 Å². The summed E-state index contributed by atoms with van der Waals surface area (Å²) in [7, 11) is 0. The van der Waals surface area contributed by atoms with Crippen molar-refractivity contribution in [3.05, 3.63) is 0 Å². The first-order valence-electron chi connectivity index (χ1n) is 7.30. The number of hydrogen-bond acceptors (Lipinski definition) is 3. The van der Waals surface area contributed by atoms with Crippen molar-refractivity contribution < 1.29 is 4.79 Å². The topological polar surface area (TPSA) is 32.3 Å². The number of carbonyl (C=O) groups excluding carboxylic acids is 1. The van der Waals surface area contributed by atoms with Crippen LogP contribution in [0.5, 0.6) is 0 Å². The Morgan fingerprint density at radius 1 is 1.44 bits per heavy atom. The number of amides is 1. The minimum absolute atomic E-state index is 0.0538. The van der Waals surface area contributed by atoms with Gasteiger partial charge in [-0.1, -0.05) is 20.3 Å². The summed E-state index contributed by atoms with van der Waals surface area (Å²) in [5.74, 6) is 1.55. The summed E-state index contributed by atoms with van der Waals surface area (Å²) in [6.45, 7) is 8.34. The molecule has 2 fully saturated rings. The molecule has 2 aliphatic heterocycles. The number of rotatable bonds is 3. The smallest absolute Gasteiger partial charge is 0.228 e. The molecule has 0 radical (unpaired) electrons. The van der Waals surface area contributed by atoms with Crippen molar-refractivity contribution >= 4 is 17.7 Å². The molecule has 0 bridgehead atoms. The molecule has 18 heavy (non-hydrogen) atoms. The van der Waals surface area contributed by atoms with Crippen LogP contribution in [0.1, 0.15) is 39.5 Å². The van der Waals surface area contributed by atoms with Gasteiger partial charge in [0.05, 0.1) is 5.41 Å². The minimum Gasteiger partial charge on any atom is -0.340 e. The van der Waals surface area contributed by atoms with Gasteiger partial charge in [0.15, 0.2) is 0 Å². The van der Waals surface area contributed by atoms with Crippen LogP contribution in [0.3, 0.4) is 0 Å². The second-order valence-corrected chi connectivity index (χ2v) is 7.26. The van der Waals surface area contributed by atoms with Crippen molar-refractivity contribution in [1.29, 1.82) is 0 Å². The monoisotopic (exact) mass is 270 g/mol. The van der Waals surface area contributed by atoms with Crippen LogP contribution < -0.4 is 5.32 Å². The number of nitrogens with one attached hydrogen (secondary N) is 1. The summed E-state index contributed by atoms with van der Waals surface area (Å²) in [6, 6.07) is 0. The summed E-state index contributed by atoms with van der Waals surface area (Å²) >= 11 is 1.99. The molecule has 1 amide bonds. The maximum Gasteiger partial charge on any atom is 0.228 e. The Bertz CT molecular complexity index is 284. The van der Waals surface area contributed by atoms with Gasteiger partial charge < -0.3 is 10.2 Å². The number of nitrogens with zero attached hydrogens (tertiary/aromatic N) is 1. The van der Waals surface area contributed by atoms with E-state index in [4.69, 9.17) is 0 Å². The zero-order valence-electron chi connectivity index (χ0n) is 11.7. The standard InChI is InChI=1S/C14H26N2OS/c1-3-4-14(5-7-15-8-6-14)13(17)16-9-10-18-12(2)11-16/h12,15H,3-11H2,1-2H3. The lowest BCUT2D eigenvalue weighted by Gasteiger charge is -2.42. The average molecular weight is 270 g/mol. The van der Waals surface area contributed by atoms with E-state index in [0.29, 0.717) is 11.2 Å². The molecule has 0 saturated carbocycles. The number of thioether (sulfide) groups is 1. The Morgan fingerprint density at radius 3 is 2.78 bits per heavy atom. The molecule has 2 heterocycles. The van der Waals surface area contributed by atoms with Crippen LogP contribution in [0, 0.1) is 5.41 Å². The third kappa shape index (κ3) is 3.02. The molecule has 4 heteroatoms. The molecular weight excluding hydrogens is 244 g/mol. The van der Waals surface area contributed by atoms with Crippen LogP contribution in [-0.2, 0) is 4.79 Å². The Balaban J connectivity index is 2.07. The molecule has 0 aliphatic carbocycles. The minimum atomic E-state index is -0.0538. The Kier molecular flexibility index (Phi) is 4.96. The Morgan fingerprint density at radius 2 is 2.17 bits per heavy atom. The van der Waals surface area contributed by atoms with E-state index < -0.39 is 0 Å². The highest BCUT2D eigenvalue weighted by molar-refractivity contribution is 7.99. The van der Waals surface area contributed by atoms with Crippen LogP contribution in [0.25, 0.3) is 0 Å². The van der Waals surface area contributed by atoms with E-state index in [9.17, 15) is 4.79 Å². The first-order chi connectivity index (χ1) is 8.68. The van der Waals surface area contributed by atoms with E-state index in [0.717, 1.165) is 57.6 Å². The quantitative estimate of drug-likeness (QED) is 0.852. The lowest BCUT2D eigenvalue weighted by molar-refractivity contribution is -0.144. The Labute approximate surface area is 115 Å². The van der Waals surface area contributed by atoms with Gasteiger partial charge in [-0.2, -0.15) is 11.8 Å². The van der Waals surface area contributed by atoms with Crippen molar-refractivity contribution in [1.82, 2.24) is 10.2 Å². The molecule has 0 aromatic carbocycles. The lowest BCUT2D eigenvalue weighted by atomic mass is 9.74. The molecule has 0 aromatic rings. The maximum atomic E-state index is 12.9. The van der Waals surface area contributed by atoms with Crippen LogP contribution in [0.4, 0.5) is 0 Å². The van der Waals surface area contributed by atoms with Gasteiger partial charge in [0.1, 0.15) is 0 Å². The van der Waals surface area contributed by atoms with Crippen molar-refractivity contribution in [2.24, 2.45) is 5.41 Å². The van der Waals surface area contributed by atoms with Crippen molar-refractivity contribution in [2.75, 3.05) is 31.9 Å². The van der Waals surface area contributed by atoms with Gasteiger partial charge in [0.25, 0.3) is 0 Å². The fraction of sp³-hybridized carbons (Fsp3) is 0.929. The molecule has 2 rings (SSSR count). The third-order valence-electron chi connectivity index (χ3n) is 4.27. The molecule has 0 aromatic heterocycles. The van der Waals surface area contributed by atoms with Crippen LogP contribution >= 0.6 is 11.8 Å². The van der Waals surface area contributed by atoms with E-state index in [-0.39, 0.29) is 5.41 Å². The van der Waals surface area contributed by atoms with E-state index >= 15 is 0 Å². The van der Waals surface area contributed by atoms with Gasteiger partial charge in [-0.3, -0.25) is 4.79 Å².